The Labute approximate surface area is 132 Å². The summed E-state index contributed by atoms with van der Waals surface area (Å²) < 4.78 is 1.17. The Morgan fingerprint density at radius 2 is 2.20 bits per heavy atom. The number of nitrogens with one attached hydrogen (secondary N) is 1. The van der Waals surface area contributed by atoms with Gasteiger partial charge < -0.3 is 10.2 Å². The molecule has 0 heterocycles. The van der Waals surface area contributed by atoms with Gasteiger partial charge in [-0.1, -0.05) is 41.4 Å². The Bertz CT molecular complexity index is 408. The van der Waals surface area contributed by atoms with Crippen molar-refractivity contribution in [1.82, 2.24) is 10.2 Å². The predicted molar refractivity (Wildman–Crippen MR) is 89.9 cm³/mol. The van der Waals surface area contributed by atoms with Gasteiger partial charge in [0.25, 0.3) is 0 Å². The van der Waals surface area contributed by atoms with Crippen LogP contribution in [0.15, 0.2) is 28.7 Å². The van der Waals surface area contributed by atoms with Gasteiger partial charge in [-0.2, -0.15) is 0 Å². The van der Waals surface area contributed by atoms with E-state index in [1.54, 1.807) is 0 Å². The Morgan fingerprint density at radius 3 is 2.95 bits per heavy atom. The van der Waals surface area contributed by atoms with Gasteiger partial charge in [0.05, 0.1) is 0 Å². The summed E-state index contributed by atoms with van der Waals surface area (Å²) in [5.74, 6) is 0.818. The maximum Gasteiger partial charge on any atom is 0.0231 e. The van der Waals surface area contributed by atoms with Gasteiger partial charge in [-0.15, -0.1) is 0 Å². The predicted octanol–water partition coefficient (Wildman–Crippen LogP) is 4.05. The van der Waals surface area contributed by atoms with Crippen molar-refractivity contribution >= 4 is 15.9 Å². The minimum atomic E-state index is 0.736. The Hall–Kier alpha value is -0.380. The SMILES string of the molecule is CCCNC1CCCC1CN(C)Cc1cccc(Br)c1. The zero-order chi connectivity index (χ0) is 14.4. The fourth-order valence-corrected chi connectivity index (χ4v) is 3.71. The number of nitrogens with zero attached hydrogens (tertiary/aromatic N) is 1. The maximum absolute atomic E-state index is 3.73. The molecule has 1 aliphatic carbocycles. The smallest absolute Gasteiger partial charge is 0.0231 e. The molecule has 1 saturated carbocycles. The van der Waals surface area contributed by atoms with Gasteiger partial charge in [-0.25, -0.2) is 0 Å². The molecule has 1 aromatic carbocycles. The van der Waals surface area contributed by atoms with Crippen molar-refractivity contribution in [3.05, 3.63) is 34.3 Å². The fraction of sp³-hybridized carbons (Fsp3) is 0.647. The standard InChI is InChI=1S/C17H27BrN2/c1-3-10-19-17-9-5-7-15(17)13-20(2)12-14-6-4-8-16(18)11-14/h4,6,8,11,15,17,19H,3,5,7,9-10,12-13H2,1-2H3. The van der Waals surface area contributed by atoms with E-state index in [9.17, 15) is 0 Å². The molecular formula is C17H27BrN2. The van der Waals surface area contributed by atoms with Crippen molar-refractivity contribution in [3.8, 4) is 0 Å². The zero-order valence-corrected chi connectivity index (χ0v) is 14.3. The van der Waals surface area contributed by atoms with Crippen LogP contribution in [-0.4, -0.2) is 31.1 Å². The van der Waals surface area contributed by atoms with Crippen LogP contribution in [0.5, 0.6) is 0 Å². The molecule has 0 aromatic heterocycles. The van der Waals surface area contributed by atoms with E-state index in [1.165, 1.54) is 42.3 Å². The number of halogens is 1. The molecule has 0 aliphatic heterocycles. The Morgan fingerprint density at radius 1 is 1.35 bits per heavy atom. The van der Waals surface area contributed by atoms with Gasteiger partial charge in [-0.3, -0.25) is 0 Å². The average Bonchev–Trinajstić information content (AvgIpc) is 2.83. The Balaban J connectivity index is 1.82. The molecule has 112 valence electrons. The first kappa shape index (κ1) is 16.0. The van der Waals surface area contributed by atoms with Crippen molar-refractivity contribution in [1.29, 1.82) is 0 Å². The van der Waals surface area contributed by atoms with Gasteiger partial charge in [-0.05, 0) is 56.5 Å². The largest absolute Gasteiger partial charge is 0.314 e. The lowest BCUT2D eigenvalue weighted by molar-refractivity contribution is 0.245. The highest BCUT2D eigenvalue weighted by Gasteiger charge is 2.27. The highest BCUT2D eigenvalue weighted by atomic mass is 79.9. The lowest BCUT2D eigenvalue weighted by Crippen LogP contribution is -2.38. The molecule has 2 nitrogen and oxygen atoms in total. The van der Waals surface area contributed by atoms with Gasteiger partial charge >= 0.3 is 0 Å². The van der Waals surface area contributed by atoms with Crippen LogP contribution in [0.3, 0.4) is 0 Å². The number of rotatable bonds is 7. The van der Waals surface area contributed by atoms with Crippen LogP contribution in [0.4, 0.5) is 0 Å². The fourth-order valence-electron chi connectivity index (χ4n) is 3.27. The van der Waals surface area contributed by atoms with Crippen molar-refractivity contribution in [2.75, 3.05) is 20.1 Å². The summed E-state index contributed by atoms with van der Waals surface area (Å²) in [6.45, 7) is 5.65. The molecule has 1 aliphatic rings. The third-order valence-electron chi connectivity index (χ3n) is 4.20. The maximum atomic E-state index is 3.73. The van der Waals surface area contributed by atoms with Crippen molar-refractivity contribution in [2.24, 2.45) is 5.92 Å². The zero-order valence-electron chi connectivity index (χ0n) is 12.7. The first-order valence-corrected chi connectivity index (χ1v) is 8.64. The molecule has 2 rings (SSSR count). The third-order valence-corrected chi connectivity index (χ3v) is 4.70. The van der Waals surface area contributed by atoms with E-state index >= 15 is 0 Å². The first-order valence-electron chi connectivity index (χ1n) is 7.85. The molecule has 1 N–H and O–H groups in total. The van der Waals surface area contributed by atoms with Crippen LogP contribution in [0.2, 0.25) is 0 Å². The van der Waals surface area contributed by atoms with Crippen LogP contribution < -0.4 is 5.32 Å². The molecule has 1 aromatic rings. The van der Waals surface area contributed by atoms with Crippen LogP contribution >= 0.6 is 15.9 Å². The molecule has 0 spiro atoms. The molecule has 3 heteroatoms. The van der Waals surface area contributed by atoms with Crippen molar-refractivity contribution < 1.29 is 0 Å². The highest BCUT2D eigenvalue weighted by Crippen LogP contribution is 2.26. The van der Waals surface area contributed by atoms with E-state index in [-0.39, 0.29) is 0 Å². The van der Waals surface area contributed by atoms with Crippen LogP contribution in [-0.2, 0) is 6.54 Å². The van der Waals surface area contributed by atoms with Gasteiger partial charge in [0, 0.05) is 23.6 Å². The molecule has 20 heavy (non-hydrogen) atoms. The summed E-state index contributed by atoms with van der Waals surface area (Å²) in [7, 11) is 2.25. The van der Waals surface area contributed by atoms with Gasteiger partial charge in [0.2, 0.25) is 0 Å². The molecule has 0 saturated heterocycles. The molecule has 1 fully saturated rings. The summed E-state index contributed by atoms with van der Waals surface area (Å²) >= 11 is 3.55. The molecular weight excluding hydrogens is 312 g/mol. The highest BCUT2D eigenvalue weighted by molar-refractivity contribution is 9.10. The topological polar surface area (TPSA) is 15.3 Å². The minimum absolute atomic E-state index is 0.736. The summed E-state index contributed by atoms with van der Waals surface area (Å²) in [6.07, 6.45) is 5.35. The number of hydrogen-bond donors (Lipinski definition) is 1. The summed E-state index contributed by atoms with van der Waals surface area (Å²) in [5.41, 5.74) is 1.39. The van der Waals surface area contributed by atoms with Crippen LogP contribution in [0.25, 0.3) is 0 Å². The molecule has 0 bridgehead atoms. The molecule has 2 unspecified atom stereocenters. The average molecular weight is 339 g/mol. The summed E-state index contributed by atoms with van der Waals surface area (Å²) in [6, 6.07) is 9.38. The third kappa shape index (κ3) is 4.87. The Kier molecular flexibility index (Phi) is 6.53. The van der Waals surface area contributed by atoms with E-state index in [0.29, 0.717) is 0 Å². The second-order valence-corrected chi connectivity index (χ2v) is 6.99. The van der Waals surface area contributed by atoms with Gasteiger partial charge in [0.15, 0.2) is 0 Å². The summed E-state index contributed by atoms with van der Waals surface area (Å²) in [5, 5.41) is 3.73. The van der Waals surface area contributed by atoms with Crippen LogP contribution in [0, 0.1) is 5.92 Å². The molecule has 0 amide bonds. The van der Waals surface area contributed by atoms with E-state index < -0.39 is 0 Å². The van der Waals surface area contributed by atoms with Gasteiger partial charge in [0.1, 0.15) is 0 Å². The second kappa shape index (κ2) is 8.16. The normalized spacial score (nSPS) is 22.6. The van der Waals surface area contributed by atoms with E-state index in [1.807, 2.05) is 0 Å². The number of benzene rings is 1. The molecule has 0 radical (unpaired) electrons. The lowest BCUT2D eigenvalue weighted by atomic mass is 10.0. The van der Waals surface area contributed by atoms with E-state index in [0.717, 1.165) is 25.0 Å². The minimum Gasteiger partial charge on any atom is -0.314 e. The van der Waals surface area contributed by atoms with Crippen molar-refractivity contribution in [3.63, 3.8) is 0 Å². The van der Waals surface area contributed by atoms with Crippen LogP contribution in [0.1, 0.15) is 38.2 Å². The van der Waals surface area contributed by atoms with E-state index in [4.69, 9.17) is 0 Å². The van der Waals surface area contributed by atoms with Crippen molar-refractivity contribution in [2.45, 2.75) is 45.2 Å². The first-order chi connectivity index (χ1) is 9.69. The monoisotopic (exact) mass is 338 g/mol. The lowest BCUT2D eigenvalue weighted by Gasteiger charge is -2.26. The van der Waals surface area contributed by atoms with E-state index in [2.05, 4.69) is 64.4 Å². The molecule has 2 atom stereocenters. The number of hydrogen-bond acceptors (Lipinski definition) is 2. The summed E-state index contributed by atoms with van der Waals surface area (Å²) in [4.78, 5) is 2.47. The second-order valence-electron chi connectivity index (χ2n) is 6.08. The quantitative estimate of drug-likeness (QED) is 0.806.